The van der Waals surface area contributed by atoms with Crippen molar-refractivity contribution < 1.29 is 14.3 Å². The number of anilines is 1. The molecular weight excluding hydrogens is 454 g/mol. The van der Waals surface area contributed by atoms with Crippen LogP contribution in [0.2, 0.25) is 5.02 Å². The topological polar surface area (TPSA) is 82.4 Å². The van der Waals surface area contributed by atoms with E-state index in [9.17, 15) is 9.59 Å². The van der Waals surface area contributed by atoms with Gasteiger partial charge in [-0.1, -0.05) is 23.7 Å². The molecule has 7 nitrogen and oxygen atoms in total. The lowest BCUT2D eigenvalue weighted by Crippen LogP contribution is -2.25. The van der Waals surface area contributed by atoms with Gasteiger partial charge in [-0.2, -0.15) is 5.10 Å². The smallest absolute Gasteiger partial charge is 0.256 e. The molecule has 0 fully saturated rings. The van der Waals surface area contributed by atoms with E-state index in [1.54, 1.807) is 93.9 Å². The minimum Gasteiger partial charge on any atom is -0.497 e. The molecule has 0 saturated heterocycles. The zero-order chi connectivity index (χ0) is 24.2. The summed E-state index contributed by atoms with van der Waals surface area (Å²) >= 11 is 6.07. The first-order valence-corrected chi connectivity index (χ1v) is 10.8. The fourth-order valence-electron chi connectivity index (χ4n) is 3.47. The average Bonchev–Trinajstić information content (AvgIpc) is 2.87. The molecule has 0 bridgehead atoms. The zero-order valence-electron chi connectivity index (χ0n) is 18.8. The van der Waals surface area contributed by atoms with Gasteiger partial charge in [0, 0.05) is 10.6 Å². The zero-order valence-corrected chi connectivity index (χ0v) is 19.6. The quantitative estimate of drug-likeness (QED) is 0.418. The van der Waals surface area contributed by atoms with Crippen LogP contribution in [0, 0.1) is 6.92 Å². The van der Waals surface area contributed by atoms with Crippen LogP contribution in [0.1, 0.15) is 16.1 Å². The summed E-state index contributed by atoms with van der Waals surface area (Å²) < 4.78 is 12.0. The van der Waals surface area contributed by atoms with E-state index in [4.69, 9.17) is 21.1 Å². The van der Waals surface area contributed by atoms with Crippen molar-refractivity contribution in [3.8, 4) is 28.3 Å². The molecule has 1 N–H and O–H groups in total. The van der Waals surface area contributed by atoms with Crippen LogP contribution in [-0.2, 0) is 0 Å². The number of benzene rings is 3. The molecule has 0 atom stereocenters. The Morgan fingerprint density at radius 3 is 2.00 bits per heavy atom. The maximum Gasteiger partial charge on any atom is 0.256 e. The fraction of sp³-hybridized carbons (Fsp3) is 0.115. The van der Waals surface area contributed by atoms with Crippen LogP contribution < -0.4 is 20.2 Å². The van der Waals surface area contributed by atoms with E-state index in [1.165, 1.54) is 4.68 Å². The summed E-state index contributed by atoms with van der Waals surface area (Å²) in [5.41, 5.74) is 1.95. The van der Waals surface area contributed by atoms with Crippen LogP contribution in [0.25, 0.3) is 16.8 Å². The lowest BCUT2D eigenvalue weighted by molar-refractivity contribution is 0.102. The van der Waals surface area contributed by atoms with E-state index >= 15 is 0 Å². The van der Waals surface area contributed by atoms with Gasteiger partial charge in [0.1, 0.15) is 23.0 Å². The van der Waals surface area contributed by atoms with Gasteiger partial charge in [0.05, 0.1) is 25.5 Å². The number of methoxy groups -OCH3 is 2. The van der Waals surface area contributed by atoms with Gasteiger partial charge >= 0.3 is 0 Å². The molecule has 172 valence electrons. The van der Waals surface area contributed by atoms with Gasteiger partial charge in [-0.25, -0.2) is 4.68 Å². The van der Waals surface area contributed by atoms with Crippen molar-refractivity contribution in [1.82, 2.24) is 9.78 Å². The Morgan fingerprint density at radius 1 is 0.882 bits per heavy atom. The van der Waals surface area contributed by atoms with Crippen molar-refractivity contribution in [2.75, 3.05) is 19.5 Å². The molecule has 4 rings (SSSR count). The van der Waals surface area contributed by atoms with Crippen LogP contribution in [0.4, 0.5) is 5.82 Å². The molecule has 8 heteroatoms. The second-order valence-electron chi connectivity index (χ2n) is 7.44. The van der Waals surface area contributed by atoms with Crippen molar-refractivity contribution in [1.29, 1.82) is 0 Å². The molecular formula is C26H22ClN3O4. The van der Waals surface area contributed by atoms with E-state index in [0.717, 1.165) is 0 Å². The minimum absolute atomic E-state index is 0.240. The maximum atomic E-state index is 13.3. The highest BCUT2D eigenvalue weighted by atomic mass is 35.5. The minimum atomic E-state index is -0.398. The predicted molar refractivity (Wildman–Crippen MR) is 133 cm³/mol. The van der Waals surface area contributed by atoms with Gasteiger partial charge in [0.15, 0.2) is 0 Å². The Labute approximate surface area is 201 Å². The van der Waals surface area contributed by atoms with Gasteiger partial charge in [0.2, 0.25) is 5.43 Å². The fourth-order valence-corrected chi connectivity index (χ4v) is 3.60. The van der Waals surface area contributed by atoms with Crippen molar-refractivity contribution in [3.05, 3.63) is 99.3 Å². The number of hydrogen-bond acceptors (Lipinski definition) is 5. The largest absolute Gasteiger partial charge is 0.497 e. The summed E-state index contributed by atoms with van der Waals surface area (Å²) in [5.74, 6) is 1.12. The number of carbonyl (C=O) groups is 1. The molecule has 3 aromatic carbocycles. The highest BCUT2D eigenvalue weighted by Crippen LogP contribution is 2.29. The van der Waals surface area contributed by atoms with E-state index in [-0.39, 0.29) is 16.9 Å². The Morgan fingerprint density at radius 2 is 1.44 bits per heavy atom. The third-order valence-electron chi connectivity index (χ3n) is 5.29. The van der Waals surface area contributed by atoms with E-state index in [2.05, 4.69) is 10.4 Å². The summed E-state index contributed by atoms with van der Waals surface area (Å²) in [6, 6.07) is 20.7. The average molecular weight is 476 g/mol. The van der Waals surface area contributed by atoms with E-state index in [0.29, 0.717) is 38.9 Å². The van der Waals surface area contributed by atoms with Gasteiger partial charge in [-0.15, -0.1) is 0 Å². The lowest BCUT2D eigenvalue weighted by atomic mass is 10.0. The molecule has 0 spiro atoms. The number of nitrogens with one attached hydrogen (secondary N) is 1. The number of ether oxygens (including phenoxy) is 2. The summed E-state index contributed by atoms with van der Waals surface area (Å²) in [4.78, 5) is 26.5. The first-order chi connectivity index (χ1) is 16.4. The highest BCUT2D eigenvalue weighted by molar-refractivity contribution is 6.30. The second kappa shape index (κ2) is 9.80. The van der Waals surface area contributed by atoms with Crippen molar-refractivity contribution >= 4 is 23.3 Å². The number of aromatic nitrogens is 2. The third kappa shape index (κ3) is 4.65. The Balaban J connectivity index is 1.91. The van der Waals surface area contributed by atoms with E-state index in [1.807, 2.05) is 0 Å². The van der Waals surface area contributed by atoms with Crippen molar-refractivity contribution in [3.63, 3.8) is 0 Å². The van der Waals surface area contributed by atoms with Crippen LogP contribution in [0.5, 0.6) is 11.5 Å². The van der Waals surface area contributed by atoms with Crippen LogP contribution >= 0.6 is 11.6 Å². The molecule has 0 unspecified atom stereocenters. The number of nitrogens with zero attached hydrogens (tertiary/aromatic N) is 2. The molecule has 1 amide bonds. The number of aryl methyl sites for hydroxylation is 1. The van der Waals surface area contributed by atoms with Gasteiger partial charge in [0.25, 0.3) is 5.91 Å². The standard InChI is InChI=1S/C26H22ClN3O4/c1-16-24(31)23(17-4-12-21(33-2)13-5-17)25(30(29-16)20-10-8-19(27)9-11-20)28-26(32)18-6-14-22(34-3)15-7-18/h4-15H,1-3H3,(H,28,32). The molecule has 34 heavy (non-hydrogen) atoms. The molecule has 0 radical (unpaired) electrons. The van der Waals surface area contributed by atoms with Crippen LogP contribution in [0.15, 0.2) is 77.6 Å². The SMILES string of the molecule is COc1ccc(C(=O)Nc2c(-c3ccc(OC)cc3)c(=O)c(C)nn2-c2ccc(Cl)cc2)cc1. The molecule has 1 heterocycles. The van der Waals surface area contributed by atoms with Gasteiger partial charge in [-0.05, 0) is 73.2 Å². The summed E-state index contributed by atoms with van der Waals surface area (Å²) in [5, 5.41) is 7.92. The summed E-state index contributed by atoms with van der Waals surface area (Å²) in [6.07, 6.45) is 0. The third-order valence-corrected chi connectivity index (χ3v) is 5.54. The molecule has 0 aliphatic rings. The molecule has 1 aromatic heterocycles. The maximum absolute atomic E-state index is 13.3. The number of carbonyl (C=O) groups excluding carboxylic acids is 1. The first-order valence-electron chi connectivity index (χ1n) is 10.4. The predicted octanol–water partition coefficient (Wildman–Crippen LogP) is 5.13. The monoisotopic (exact) mass is 475 g/mol. The number of rotatable bonds is 6. The lowest BCUT2D eigenvalue weighted by Gasteiger charge is -2.18. The molecule has 4 aromatic rings. The number of hydrogen-bond donors (Lipinski definition) is 1. The summed E-state index contributed by atoms with van der Waals surface area (Å²) in [7, 11) is 3.12. The number of amides is 1. The Kier molecular flexibility index (Phi) is 6.65. The molecule has 0 aliphatic heterocycles. The number of halogens is 1. The summed E-state index contributed by atoms with van der Waals surface area (Å²) in [6.45, 7) is 1.64. The molecule has 0 saturated carbocycles. The van der Waals surface area contributed by atoms with Crippen LogP contribution in [-0.4, -0.2) is 29.9 Å². The normalized spacial score (nSPS) is 10.6. The highest BCUT2D eigenvalue weighted by Gasteiger charge is 2.21. The van der Waals surface area contributed by atoms with E-state index < -0.39 is 5.91 Å². The van der Waals surface area contributed by atoms with Gasteiger partial charge in [-0.3, -0.25) is 9.59 Å². The van der Waals surface area contributed by atoms with Crippen molar-refractivity contribution in [2.24, 2.45) is 0 Å². The van der Waals surface area contributed by atoms with Gasteiger partial charge < -0.3 is 14.8 Å². The first kappa shape index (κ1) is 23.1. The Hall–Kier alpha value is -4.10. The van der Waals surface area contributed by atoms with Crippen LogP contribution in [0.3, 0.4) is 0 Å². The Bertz CT molecular complexity index is 1380. The van der Waals surface area contributed by atoms with Crippen molar-refractivity contribution in [2.45, 2.75) is 6.92 Å². The molecule has 0 aliphatic carbocycles. The second-order valence-corrected chi connectivity index (χ2v) is 7.87.